The number of anilines is 1. The van der Waals surface area contributed by atoms with Crippen LogP contribution in [0.1, 0.15) is 10.4 Å². The molecule has 0 aliphatic rings. The highest BCUT2D eigenvalue weighted by Gasteiger charge is 2.10. The van der Waals surface area contributed by atoms with Crippen molar-refractivity contribution in [2.24, 2.45) is 0 Å². The molecule has 0 aromatic heterocycles. The summed E-state index contributed by atoms with van der Waals surface area (Å²) in [6, 6.07) is 2.88. The van der Waals surface area contributed by atoms with Crippen LogP contribution in [0.15, 0.2) is 12.1 Å². The lowest BCUT2D eigenvalue weighted by Crippen LogP contribution is -2.23. The zero-order valence-corrected chi connectivity index (χ0v) is 9.19. The second-order valence-corrected chi connectivity index (χ2v) is 3.55. The molecule has 0 aliphatic carbocycles. The SMILES string of the molecule is C#CCNC(=O)c1cc(Cl)c(N)c(Cl)c1. The molecule has 5 heteroatoms. The van der Waals surface area contributed by atoms with Gasteiger partial charge in [-0.05, 0) is 12.1 Å². The molecule has 15 heavy (non-hydrogen) atoms. The molecule has 0 fully saturated rings. The number of rotatable bonds is 2. The average Bonchev–Trinajstić information content (AvgIpc) is 2.21. The van der Waals surface area contributed by atoms with Crippen LogP contribution in [0.25, 0.3) is 0 Å². The van der Waals surface area contributed by atoms with Gasteiger partial charge in [0.05, 0.1) is 22.3 Å². The van der Waals surface area contributed by atoms with E-state index in [-0.39, 0.29) is 28.2 Å². The van der Waals surface area contributed by atoms with Crippen molar-refractivity contribution in [3.05, 3.63) is 27.7 Å². The molecule has 78 valence electrons. The van der Waals surface area contributed by atoms with E-state index in [0.29, 0.717) is 5.56 Å². The quantitative estimate of drug-likeness (QED) is 0.616. The lowest BCUT2D eigenvalue weighted by molar-refractivity contribution is 0.0958. The predicted molar refractivity (Wildman–Crippen MR) is 62.0 cm³/mol. The molecule has 0 saturated carbocycles. The number of nitrogens with two attached hydrogens (primary N) is 1. The first kappa shape index (κ1) is 11.7. The smallest absolute Gasteiger partial charge is 0.252 e. The van der Waals surface area contributed by atoms with Crippen LogP contribution in [-0.2, 0) is 0 Å². The predicted octanol–water partition coefficient (Wildman–Crippen LogP) is 1.94. The molecular formula is C10H8Cl2N2O. The van der Waals surface area contributed by atoms with E-state index in [1.807, 2.05) is 0 Å². The number of carbonyl (C=O) groups excluding carboxylic acids is 1. The number of nitrogens with one attached hydrogen (secondary N) is 1. The topological polar surface area (TPSA) is 55.1 Å². The van der Waals surface area contributed by atoms with Crippen molar-refractivity contribution in [3.63, 3.8) is 0 Å². The zero-order chi connectivity index (χ0) is 11.4. The fourth-order valence-corrected chi connectivity index (χ4v) is 1.44. The third kappa shape index (κ3) is 2.79. The molecule has 1 aromatic carbocycles. The number of terminal acetylenes is 1. The zero-order valence-electron chi connectivity index (χ0n) is 7.68. The number of carbonyl (C=O) groups is 1. The highest BCUT2D eigenvalue weighted by atomic mass is 35.5. The minimum atomic E-state index is -0.336. The monoisotopic (exact) mass is 242 g/mol. The fraction of sp³-hybridized carbons (Fsp3) is 0.100. The van der Waals surface area contributed by atoms with Gasteiger partial charge in [0.25, 0.3) is 5.91 Å². The summed E-state index contributed by atoms with van der Waals surface area (Å²) in [5.74, 6) is 1.95. The van der Waals surface area contributed by atoms with E-state index >= 15 is 0 Å². The molecule has 0 saturated heterocycles. The van der Waals surface area contributed by atoms with Crippen LogP contribution >= 0.6 is 23.2 Å². The van der Waals surface area contributed by atoms with E-state index < -0.39 is 0 Å². The van der Waals surface area contributed by atoms with Gasteiger partial charge in [-0.15, -0.1) is 6.42 Å². The number of hydrogen-bond acceptors (Lipinski definition) is 2. The fourth-order valence-electron chi connectivity index (χ4n) is 0.949. The average molecular weight is 243 g/mol. The Morgan fingerprint density at radius 3 is 2.47 bits per heavy atom. The highest BCUT2D eigenvalue weighted by molar-refractivity contribution is 6.39. The molecule has 0 spiro atoms. The molecule has 1 rings (SSSR count). The summed E-state index contributed by atoms with van der Waals surface area (Å²) in [5.41, 5.74) is 6.11. The number of amides is 1. The molecule has 0 aliphatic heterocycles. The summed E-state index contributed by atoms with van der Waals surface area (Å²) in [5, 5.41) is 2.98. The van der Waals surface area contributed by atoms with E-state index in [9.17, 15) is 4.79 Å². The van der Waals surface area contributed by atoms with Gasteiger partial charge in [0.1, 0.15) is 0 Å². The molecule has 0 heterocycles. The number of nitrogen functional groups attached to an aromatic ring is 1. The van der Waals surface area contributed by atoms with Crippen LogP contribution in [0.2, 0.25) is 10.0 Å². The van der Waals surface area contributed by atoms with E-state index in [4.69, 9.17) is 35.4 Å². The summed E-state index contributed by atoms with van der Waals surface area (Å²) in [6.07, 6.45) is 5.00. The van der Waals surface area contributed by atoms with Crippen LogP contribution in [0.3, 0.4) is 0 Å². The minimum absolute atomic E-state index is 0.151. The van der Waals surface area contributed by atoms with Gasteiger partial charge in [-0.3, -0.25) is 4.79 Å². The van der Waals surface area contributed by atoms with Gasteiger partial charge >= 0.3 is 0 Å². The van der Waals surface area contributed by atoms with Crippen molar-refractivity contribution in [3.8, 4) is 12.3 Å². The van der Waals surface area contributed by atoms with Crippen molar-refractivity contribution in [1.82, 2.24) is 5.32 Å². The summed E-state index contributed by atoms with van der Waals surface area (Å²) >= 11 is 11.5. The minimum Gasteiger partial charge on any atom is -0.396 e. The summed E-state index contributed by atoms with van der Waals surface area (Å²) in [6.45, 7) is 0.151. The van der Waals surface area contributed by atoms with Crippen molar-refractivity contribution < 1.29 is 4.79 Å². The van der Waals surface area contributed by atoms with E-state index in [2.05, 4.69) is 11.2 Å². The molecule has 0 bridgehead atoms. The van der Waals surface area contributed by atoms with Crippen LogP contribution in [-0.4, -0.2) is 12.5 Å². The van der Waals surface area contributed by atoms with Crippen LogP contribution in [0.4, 0.5) is 5.69 Å². The van der Waals surface area contributed by atoms with Gasteiger partial charge < -0.3 is 11.1 Å². The van der Waals surface area contributed by atoms with Crippen LogP contribution < -0.4 is 11.1 Å². The number of benzene rings is 1. The lowest BCUT2D eigenvalue weighted by Gasteiger charge is -2.05. The van der Waals surface area contributed by atoms with Gasteiger partial charge in [-0.1, -0.05) is 29.1 Å². The summed E-state index contributed by atoms with van der Waals surface area (Å²) < 4.78 is 0. The first-order valence-electron chi connectivity index (χ1n) is 4.02. The van der Waals surface area contributed by atoms with E-state index in [1.165, 1.54) is 12.1 Å². The second-order valence-electron chi connectivity index (χ2n) is 2.74. The second kappa shape index (κ2) is 4.92. The molecular weight excluding hydrogens is 235 g/mol. The molecule has 0 atom stereocenters. The number of hydrogen-bond donors (Lipinski definition) is 2. The Balaban J connectivity index is 2.97. The normalized spacial score (nSPS) is 9.40. The Morgan fingerprint density at radius 2 is 2.00 bits per heavy atom. The van der Waals surface area contributed by atoms with Crippen LogP contribution in [0.5, 0.6) is 0 Å². The highest BCUT2D eigenvalue weighted by Crippen LogP contribution is 2.28. The molecule has 1 aromatic rings. The van der Waals surface area contributed by atoms with E-state index in [1.54, 1.807) is 0 Å². The third-order valence-corrected chi connectivity index (χ3v) is 2.32. The maximum atomic E-state index is 11.5. The maximum Gasteiger partial charge on any atom is 0.252 e. The van der Waals surface area contributed by atoms with E-state index in [0.717, 1.165) is 0 Å². The lowest BCUT2D eigenvalue weighted by atomic mass is 10.2. The molecule has 0 radical (unpaired) electrons. The Kier molecular flexibility index (Phi) is 3.84. The Morgan fingerprint density at radius 1 is 1.47 bits per heavy atom. The summed E-state index contributed by atoms with van der Waals surface area (Å²) in [4.78, 5) is 11.5. The van der Waals surface area contributed by atoms with Crippen molar-refractivity contribution in [1.29, 1.82) is 0 Å². The van der Waals surface area contributed by atoms with Crippen molar-refractivity contribution >= 4 is 34.8 Å². The van der Waals surface area contributed by atoms with Gasteiger partial charge in [0, 0.05) is 5.56 Å². The van der Waals surface area contributed by atoms with Crippen LogP contribution in [0, 0.1) is 12.3 Å². The Labute approximate surface area is 97.5 Å². The van der Waals surface area contributed by atoms with Gasteiger partial charge in [-0.25, -0.2) is 0 Å². The molecule has 3 nitrogen and oxygen atoms in total. The first-order valence-corrected chi connectivity index (χ1v) is 4.78. The largest absolute Gasteiger partial charge is 0.396 e. The van der Waals surface area contributed by atoms with Crippen molar-refractivity contribution in [2.45, 2.75) is 0 Å². The first-order chi connectivity index (χ1) is 7.06. The molecule has 0 unspecified atom stereocenters. The van der Waals surface area contributed by atoms with Gasteiger partial charge in [0.2, 0.25) is 0 Å². The molecule has 1 amide bonds. The van der Waals surface area contributed by atoms with Gasteiger partial charge in [-0.2, -0.15) is 0 Å². The maximum absolute atomic E-state index is 11.5. The summed E-state index contributed by atoms with van der Waals surface area (Å²) in [7, 11) is 0. The molecule has 3 N–H and O–H groups in total. The third-order valence-electron chi connectivity index (χ3n) is 1.69. The standard InChI is InChI=1S/C10H8Cl2N2O/c1-2-3-14-10(15)6-4-7(11)9(13)8(12)5-6/h1,4-5H,3,13H2,(H,14,15). The van der Waals surface area contributed by atoms with Gasteiger partial charge in [0.15, 0.2) is 0 Å². The number of halogens is 2. The van der Waals surface area contributed by atoms with Crippen molar-refractivity contribution in [2.75, 3.05) is 12.3 Å². The Hall–Kier alpha value is -1.37. The Bertz CT molecular complexity index is 415.